The van der Waals surface area contributed by atoms with Crippen molar-refractivity contribution in [2.75, 3.05) is 0 Å². The SMILES string of the molecule is c1ccc(-c2ccc(-c3nc(-c4cccc(-c5ccccc5)c4)nc(-c4cccc5oc6c(ccc7c8ccccc8n(-c8ccc(-c9cccc(-c%10ccccc%10)c9)cc8)c76)c45)n3)cc2)cc1. The third-order valence-corrected chi connectivity index (χ3v) is 13.1. The van der Waals surface area contributed by atoms with Crippen LogP contribution in [0.5, 0.6) is 0 Å². The number of rotatable bonds is 8. The smallest absolute Gasteiger partial charge is 0.164 e. The van der Waals surface area contributed by atoms with Crippen molar-refractivity contribution in [3.8, 4) is 84.4 Å². The van der Waals surface area contributed by atoms with Crippen LogP contribution in [0.2, 0.25) is 0 Å². The van der Waals surface area contributed by atoms with Crippen molar-refractivity contribution >= 4 is 43.7 Å². The lowest BCUT2D eigenvalue weighted by Gasteiger charge is -2.11. The Morgan fingerprint density at radius 1 is 0.309 bits per heavy atom. The third-order valence-electron chi connectivity index (χ3n) is 13.1. The van der Waals surface area contributed by atoms with Crippen LogP contribution in [0.1, 0.15) is 0 Å². The largest absolute Gasteiger partial charge is 0.454 e. The van der Waals surface area contributed by atoms with Gasteiger partial charge in [-0.05, 0) is 87.0 Å². The van der Waals surface area contributed by atoms with Gasteiger partial charge in [0, 0.05) is 43.9 Å². The van der Waals surface area contributed by atoms with Crippen LogP contribution in [0.4, 0.5) is 0 Å². The molecule has 0 amide bonds. The molecule has 0 fully saturated rings. The monoisotopic (exact) mass is 868 g/mol. The number of para-hydroxylation sites is 1. The molecule has 0 N–H and O–H groups in total. The molecule has 3 aromatic heterocycles. The summed E-state index contributed by atoms with van der Waals surface area (Å²) in [7, 11) is 0. The highest BCUT2D eigenvalue weighted by atomic mass is 16.3. The molecule has 10 aromatic carbocycles. The van der Waals surface area contributed by atoms with Crippen molar-refractivity contribution in [3.05, 3.63) is 243 Å². The van der Waals surface area contributed by atoms with Crippen LogP contribution >= 0.6 is 0 Å². The average molecular weight is 869 g/mol. The van der Waals surface area contributed by atoms with Gasteiger partial charge in [0.15, 0.2) is 23.1 Å². The molecule has 318 valence electrons. The van der Waals surface area contributed by atoms with Crippen LogP contribution in [0.25, 0.3) is 128 Å². The fraction of sp³-hybridized carbons (Fsp3) is 0. The molecule has 13 rings (SSSR count). The van der Waals surface area contributed by atoms with Crippen molar-refractivity contribution in [3.63, 3.8) is 0 Å². The Balaban J connectivity index is 0.974. The number of nitrogens with zero attached hydrogens (tertiary/aromatic N) is 4. The highest BCUT2D eigenvalue weighted by molar-refractivity contribution is 6.23. The van der Waals surface area contributed by atoms with Crippen molar-refractivity contribution in [2.45, 2.75) is 0 Å². The van der Waals surface area contributed by atoms with Gasteiger partial charge in [0.05, 0.1) is 11.0 Å². The zero-order valence-corrected chi connectivity index (χ0v) is 36.8. The summed E-state index contributed by atoms with van der Waals surface area (Å²) in [6, 6.07) is 85.1. The lowest BCUT2D eigenvalue weighted by molar-refractivity contribution is 0.671. The van der Waals surface area contributed by atoms with Crippen molar-refractivity contribution in [2.24, 2.45) is 0 Å². The third kappa shape index (κ3) is 6.84. The molecule has 0 aliphatic rings. The second kappa shape index (κ2) is 16.4. The van der Waals surface area contributed by atoms with Gasteiger partial charge in [0.25, 0.3) is 0 Å². The Morgan fingerprint density at radius 3 is 1.43 bits per heavy atom. The van der Waals surface area contributed by atoms with Crippen LogP contribution in [0.15, 0.2) is 247 Å². The maximum atomic E-state index is 7.03. The van der Waals surface area contributed by atoms with Gasteiger partial charge in [-0.25, -0.2) is 15.0 Å². The Labute approximate surface area is 392 Å². The van der Waals surface area contributed by atoms with E-state index < -0.39 is 0 Å². The van der Waals surface area contributed by atoms with E-state index in [9.17, 15) is 0 Å². The number of fused-ring (bicyclic) bond motifs is 7. The minimum Gasteiger partial charge on any atom is -0.454 e. The molecule has 13 aromatic rings. The topological polar surface area (TPSA) is 56.7 Å². The molecule has 0 spiro atoms. The first-order valence-electron chi connectivity index (χ1n) is 22.9. The summed E-state index contributed by atoms with van der Waals surface area (Å²) < 4.78 is 9.37. The van der Waals surface area contributed by atoms with Gasteiger partial charge in [-0.1, -0.05) is 200 Å². The molecular weight excluding hydrogens is 829 g/mol. The van der Waals surface area contributed by atoms with E-state index in [0.29, 0.717) is 17.5 Å². The van der Waals surface area contributed by atoms with E-state index in [4.69, 9.17) is 19.4 Å². The van der Waals surface area contributed by atoms with E-state index in [2.05, 4.69) is 223 Å². The molecule has 0 saturated carbocycles. The molecule has 0 aliphatic carbocycles. The maximum Gasteiger partial charge on any atom is 0.164 e. The standard InChI is InChI=1S/C63H40N4O/c1-4-15-41(16-5-1)44-29-31-46(32-30-44)61-64-62(50-24-13-23-49(40-50)43-19-8-3-9-20-43)66-63(65-61)55-26-14-28-57-58(55)54-38-37-53-52-25-10-11-27-56(52)67(59(53)60(54)68-57)51-35-33-45(34-36-51)48-22-12-21-47(39-48)42-17-6-2-7-18-42/h1-40H. The Hall–Kier alpha value is -9.19. The summed E-state index contributed by atoms with van der Waals surface area (Å²) in [5, 5.41) is 4.22. The molecule has 0 saturated heterocycles. The first-order valence-corrected chi connectivity index (χ1v) is 22.9. The van der Waals surface area contributed by atoms with E-state index in [0.717, 1.165) is 93.9 Å². The van der Waals surface area contributed by atoms with Crippen LogP contribution in [-0.2, 0) is 0 Å². The second-order valence-electron chi connectivity index (χ2n) is 17.2. The second-order valence-corrected chi connectivity index (χ2v) is 17.2. The number of furan rings is 1. The molecular formula is C63H40N4O. The molecule has 0 radical (unpaired) electrons. The highest BCUT2D eigenvalue weighted by Gasteiger charge is 2.23. The normalized spacial score (nSPS) is 11.5. The van der Waals surface area contributed by atoms with Crippen molar-refractivity contribution < 1.29 is 4.42 Å². The van der Waals surface area contributed by atoms with Gasteiger partial charge in [-0.15, -0.1) is 0 Å². The van der Waals surface area contributed by atoms with Gasteiger partial charge in [0.2, 0.25) is 0 Å². The highest BCUT2D eigenvalue weighted by Crippen LogP contribution is 2.43. The van der Waals surface area contributed by atoms with E-state index >= 15 is 0 Å². The molecule has 5 heteroatoms. The summed E-state index contributed by atoms with van der Waals surface area (Å²) in [6.45, 7) is 0. The Bertz CT molecular complexity index is 3990. The van der Waals surface area contributed by atoms with Crippen LogP contribution in [-0.4, -0.2) is 19.5 Å². The van der Waals surface area contributed by atoms with E-state index in [1.807, 2.05) is 24.3 Å². The zero-order valence-electron chi connectivity index (χ0n) is 36.8. The van der Waals surface area contributed by atoms with Gasteiger partial charge < -0.3 is 8.98 Å². The lowest BCUT2D eigenvalue weighted by Crippen LogP contribution is -2.00. The molecule has 0 atom stereocenters. The number of hydrogen-bond acceptors (Lipinski definition) is 4. The fourth-order valence-electron chi connectivity index (χ4n) is 9.76. The molecule has 0 bridgehead atoms. The summed E-state index contributed by atoms with van der Waals surface area (Å²) in [6.07, 6.45) is 0. The molecule has 3 heterocycles. The first kappa shape index (κ1) is 39.2. The number of benzene rings is 10. The zero-order chi connectivity index (χ0) is 45.0. The van der Waals surface area contributed by atoms with Gasteiger partial charge in [-0.2, -0.15) is 0 Å². The Morgan fingerprint density at radius 2 is 0.765 bits per heavy atom. The first-order chi connectivity index (χ1) is 33.7. The van der Waals surface area contributed by atoms with Crippen molar-refractivity contribution in [1.82, 2.24) is 19.5 Å². The lowest BCUT2D eigenvalue weighted by atomic mass is 9.99. The Kier molecular flexibility index (Phi) is 9.43. The molecule has 5 nitrogen and oxygen atoms in total. The summed E-state index contributed by atoms with van der Waals surface area (Å²) in [5.74, 6) is 1.76. The maximum absolute atomic E-state index is 7.03. The van der Waals surface area contributed by atoms with Gasteiger partial charge >= 0.3 is 0 Å². The number of aromatic nitrogens is 4. The van der Waals surface area contributed by atoms with E-state index in [1.165, 1.54) is 16.7 Å². The summed E-state index contributed by atoms with van der Waals surface area (Å²) in [4.78, 5) is 15.7. The quantitative estimate of drug-likeness (QED) is 0.153. The minimum absolute atomic E-state index is 0.572. The minimum atomic E-state index is 0.572. The van der Waals surface area contributed by atoms with Crippen LogP contribution < -0.4 is 0 Å². The molecule has 0 unspecified atom stereocenters. The number of hydrogen-bond donors (Lipinski definition) is 0. The predicted molar refractivity (Wildman–Crippen MR) is 279 cm³/mol. The fourth-order valence-corrected chi connectivity index (χ4v) is 9.76. The van der Waals surface area contributed by atoms with E-state index in [1.54, 1.807) is 0 Å². The van der Waals surface area contributed by atoms with Gasteiger partial charge in [-0.3, -0.25) is 0 Å². The van der Waals surface area contributed by atoms with Crippen molar-refractivity contribution in [1.29, 1.82) is 0 Å². The van der Waals surface area contributed by atoms with Gasteiger partial charge in [0.1, 0.15) is 5.58 Å². The summed E-state index contributed by atoms with van der Waals surface area (Å²) in [5.41, 5.74) is 16.6. The van der Waals surface area contributed by atoms with E-state index in [-0.39, 0.29) is 0 Å². The van der Waals surface area contributed by atoms with Crippen LogP contribution in [0.3, 0.4) is 0 Å². The summed E-state index contributed by atoms with van der Waals surface area (Å²) >= 11 is 0. The molecule has 0 aliphatic heterocycles. The average Bonchev–Trinajstić information content (AvgIpc) is 3.98. The molecule has 68 heavy (non-hydrogen) atoms. The predicted octanol–water partition coefficient (Wildman–Crippen LogP) is 16.5. The van der Waals surface area contributed by atoms with Crippen LogP contribution in [0, 0.1) is 0 Å².